The fourth-order valence-electron chi connectivity index (χ4n) is 2.61. The minimum atomic E-state index is -1.81. The third kappa shape index (κ3) is 3.48. The first-order valence-electron chi connectivity index (χ1n) is 7.29. The Morgan fingerprint density at radius 1 is 1.42 bits per heavy atom. The summed E-state index contributed by atoms with van der Waals surface area (Å²) in [6.45, 7) is 2.01. The second kappa shape index (κ2) is 7.12. The molecule has 8 nitrogen and oxygen atoms in total. The summed E-state index contributed by atoms with van der Waals surface area (Å²) in [5, 5.41) is 18.4. The average molecular weight is 335 g/mol. The van der Waals surface area contributed by atoms with Crippen LogP contribution < -0.4 is 5.46 Å². The quantitative estimate of drug-likeness (QED) is 0.394. The van der Waals surface area contributed by atoms with Gasteiger partial charge in [-0.1, -0.05) is 6.07 Å². The van der Waals surface area contributed by atoms with E-state index in [1.165, 1.54) is 30.2 Å². The van der Waals surface area contributed by atoms with Gasteiger partial charge in [0.05, 0.1) is 20.3 Å². The van der Waals surface area contributed by atoms with E-state index in [0.717, 1.165) is 0 Å². The molecule has 0 aromatic heterocycles. The Kier molecular flexibility index (Phi) is 5.38. The third-order valence-corrected chi connectivity index (χ3v) is 3.92. The topological polar surface area (TPSA) is 113 Å². The van der Waals surface area contributed by atoms with Crippen LogP contribution in [-0.2, 0) is 14.3 Å². The molecule has 0 spiro atoms. The summed E-state index contributed by atoms with van der Waals surface area (Å²) < 4.78 is 10.1. The maximum absolute atomic E-state index is 12.6. The highest BCUT2D eigenvalue weighted by atomic mass is 16.6. The summed E-state index contributed by atoms with van der Waals surface area (Å²) in [6, 6.07) is 3.99. The summed E-state index contributed by atoms with van der Waals surface area (Å²) in [7, 11) is -0.562. The number of nitrogens with zero attached hydrogens (tertiary/aromatic N) is 1. The molecule has 1 unspecified atom stereocenters. The fraction of sp³-hybridized carbons (Fsp3) is 0.400. The lowest BCUT2D eigenvalue weighted by atomic mass is 9.76. The highest BCUT2D eigenvalue weighted by molar-refractivity contribution is 6.60. The second-order valence-corrected chi connectivity index (χ2v) is 5.63. The van der Waals surface area contributed by atoms with Crippen molar-refractivity contribution in [3.63, 3.8) is 0 Å². The van der Waals surface area contributed by atoms with Gasteiger partial charge in [-0.3, -0.25) is 9.59 Å². The van der Waals surface area contributed by atoms with Gasteiger partial charge in [0, 0.05) is 17.7 Å². The number of benzene rings is 1. The number of carbonyl (C=O) groups is 3. The van der Waals surface area contributed by atoms with Crippen LogP contribution in [0.3, 0.4) is 0 Å². The lowest BCUT2D eigenvalue weighted by Gasteiger charge is -2.38. The number of amides is 1. The molecule has 9 heteroatoms. The van der Waals surface area contributed by atoms with Crippen LogP contribution in [0.1, 0.15) is 27.6 Å². The van der Waals surface area contributed by atoms with E-state index in [9.17, 15) is 24.4 Å². The Hall–Kier alpha value is -2.23. The van der Waals surface area contributed by atoms with Crippen molar-refractivity contribution in [3.05, 3.63) is 29.3 Å². The molecule has 1 saturated heterocycles. The summed E-state index contributed by atoms with van der Waals surface area (Å²) in [5.41, 5.74) is -1.02. The predicted octanol–water partition coefficient (Wildman–Crippen LogP) is -1.42. The van der Waals surface area contributed by atoms with E-state index < -0.39 is 24.6 Å². The first-order chi connectivity index (χ1) is 11.3. The molecule has 0 bridgehead atoms. The highest BCUT2D eigenvalue weighted by Crippen LogP contribution is 2.21. The smallest absolute Gasteiger partial charge is 0.467 e. The monoisotopic (exact) mass is 335 g/mol. The molecular formula is C15H18BNO7. The summed E-state index contributed by atoms with van der Waals surface area (Å²) in [5.74, 6) is -0.970. The number of methoxy groups -OCH3 is 1. The van der Waals surface area contributed by atoms with Gasteiger partial charge in [0.15, 0.2) is 5.60 Å². The van der Waals surface area contributed by atoms with Gasteiger partial charge in [-0.05, 0) is 24.5 Å². The molecule has 1 aliphatic rings. The van der Waals surface area contributed by atoms with E-state index in [4.69, 9.17) is 9.47 Å². The number of carbonyl (C=O) groups excluding carboxylic acids is 3. The molecular weight excluding hydrogens is 317 g/mol. The van der Waals surface area contributed by atoms with E-state index in [-0.39, 0.29) is 36.3 Å². The SMILES string of the molecule is COC(=O)C1(C)CN(C(=O)c2ccc(B(O)O)c(C=O)c2)CCO1. The van der Waals surface area contributed by atoms with Gasteiger partial charge in [-0.15, -0.1) is 0 Å². The van der Waals surface area contributed by atoms with E-state index in [0.29, 0.717) is 6.29 Å². The van der Waals surface area contributed by atoms with Gasteiger partial charge in [0.1, 0.15) is 6.29 Å². The summed E-state index contributed by atoms with van der Waals surface area (Å²) in [6.07, 6.45) is 0.448. The summed E-state index contributed by atoms with van der Waals surface area (Å²) in [4.78, 5) is 37.0. The van der Waals surface area contributed by atoms with Crippen LogP contribution in [0.4, 0.5) is 0 Å². The molecule has 24 heavy (non-hydrogen) atoms. The molecule has 2 rings (SSSR count). The molecule has 0 saturated carbocycles. The van der Waals surface area contributed by atoms with Crippen molar-refractivity contribution in [2.75, 3.05) is 26.8 Å². The highest BCUT2D eigenvalue weighted by Gasteiger charge is 2.42. The van der Waals surface area contributed by atoms with E-state index in [2.05, 4.69) is 0 Å². The van der Waals surface area contributed by atoms with Crippen molar-refractivity contribution in [2.24, 2.45) is 0 Å². The molecule has 1 heterocycles. The number of rotatable bonds is 4. The van der Waals surface area contributed by atoms with E-state index in [1.54, 1.807) is 6.92 Å². The van der Waals surface area contributed by atoms with Gasteiger partial charge in [0.2, 0.25) is 0 Å². The van der Waals surface area contributed by atoms with Crippen LogP contribution in [0.2, 0.25) is 0 Å². The van der Waals surface area contributed by atoms with Crippen molar-refractivity contribution < 1.29 is 33.9 Å². The van der Waals surface area contributed by atoms with Crippen molar-refractivity contribution in [3.8, 4) is 0 Å². The molecule has 1 aliphatic heterocycles. The van der Waals surface area contributed by atoms with E-state index in [1.807, 2.05) is 0 Å². The van der Waals surface area contributed by atoms with Crippen LogP contribution >= 0.6 is 0 Å². The first-order valence-corrected chi connectivity index (χ1v) is 7.29. The first kappa shape index (κ1) is 18.1. The molecule has 2 N–H and O–H groups in total. The predicted molar refractivity (Wildman–Crippen MR) is 83.9 cm³/mol. The Morgan fingerprint density at radius 3 is 2.71 bits per heavy atom. The third-order valence-electron chi connectivity index (χ3n) is 3.92. The van der Waals surface area contributed by atoms with Gasteiger partial charge in [0.25, 0.3) is 5.91 Å². The van der Waals surface area contributed by atoms with E-state index >= 15 is 0 Å². The normalized spacial score (nSPS) is 20.4. The van der Waals surface area contributed by atoms with Crippen molar-refractivity contribution >= 4 is 30.7 Å². The number of hydrogen-bond acceptors (Lipinski definition) is 7. The molecule has 1 aromatic carbocycles. The zero-order chi connectivity index (χ0) is 17.9. The molecule has 1 fully saturated rings. The van der Waals surface area contributed by atoms with Gasteiger partial charge < -0.3 is 24.4 Å². The number of aldehydes is 1. The van der Waals surface area contributed by atoms with Crippen molar-refractivity contribution in [1.29, 1.82) is 0 Å². The second-order valence-electron chi connectivity index (χ2n) is 5.63. The van der Waals surface area contributed by atoms with Crippen LogP contribution in [0, 0.1) is 0 Å². The molecule has 128 valence electrons. The van der Waals surface area contributed by atoms with Crippen LogP contribution in [0.15, 0.2) is 18.2 Å². The maximum atomic E-state index is 12.6. The van der Waals surface area contributed by atoms with Gasteiger partial charge >= 0.3 is 13.1 Å². The number of morpholine rings is 1. The van der Waals surface area contributed by atoms with Crippen LogP contribution in [0.25, 0.3) is 0 Å². The maximum Gasteiger partial charge on any atom is 0.489 e. The Bertz CT molecular complexity index is 663. The Balaban J connectivity index is 2.25. The number of ether oxygens (including phenoxy) is 2. The van der Waals surface area contributed by atoms with Crippen molar-refractivity contribution in [1.82, 2.24) is 4.90 Å². The van der Waals surface area contributed by atoms with Gasteiger partial charge in [-0.25, -0.2) is 4.79 Å². The van der Waals surface area contributed by atoms with Gasteiger partial charge in [-0.2, -0.15) is 0 Å². The molecule has 1 atom stereocenters. The molecule has 0 aliphatic carbocycles. The molecule has 1 amide bonds. The molecule has 1 aromatic rings. The van der Waals surface area contributed by atoms with Crippen LogP contribution in [0.5, 0.6) is 0 Å². The lowest BCUT2D eigenvalue weighted by Crippen LogP contribution is -2.56. The largest absolute Gasteiger partial charge is 0.489 e. The van der Waals surface area contributed by atoms with Crippen LogP contribution in [-0.4, -0.2) is 72.6 Å². The Labute approximate surface area is 139 Å². The Morgan fingerprint density at radius 2 is 2.12 bits per heavy atom. The minimum absolute atomic E-state index is 0.0132. The molecule has 0 radical (unpaired) electrons. The number of esters is 1. The lowest BCUT2D eigenvalue weighted by molar-refractivity contribution is -0.175. The zero-order valence-electron chi connectivity index (χ0n) is 13.4. The van der Waals surface area contributed by atoms with Crippen molar-refractivity contribution in [2.45, 2.75) is 12.5 Å². The minimum Gasteiger partial charge on any atom is -0.467 e. The summed E-state index contributed by atoms with van der Waals surface area (Å²) >= 11 is 0. The number of hydrogen-bond donors (Lipinski definition) is 2. The average Bonchev–Trinajstić information content (AvgIpc) is 2.59. The fourth-order valence-corrected chi connectivity index (χ4v) is 2.61. The zero-order valence-corrected chi connectivity index (χ0v) is 13.4. The standard InChI is InChI=1S/C15H18BNO7/c1-15(14(20)23-2)9-17(5-6-24-15)13(19)10-3-4-12(16(21)22)11(7-10)8-18/h3-4,7-8,21-22H,5-6,9H2,1-2H3.